The Hall–Kier alpha value is -3.57. The number of benzene rings is 2. The summed E-state index contributed by atoms with van der Waals surface area (Å²) >= 11 is 6.29. The molecule has 6 heteroatoms. The minimum absolute atomic E-state index is 0.226. The maximum Gasteiger partial charge on any atom is 0.340 e. The van der Waals surface area contributed by atoms with Gasteiger partial charge in [-0.15, -0.1) is 0 Å². The summed E-state index contributed by atoms with van der Waals surface area (Å²) in [5.74, 6) is -0.753. The molecule has 1 amide bonds. The molecule has 3 aromatic rings. The van der Waals surface area contributed by atoms with E-state index < -0.39 is 5.97 Å². The van der Waals surface area contributed by atoms with E-state index in [1.54, 1.807) is 24.8 Å². The molecule has 4 rings (SSSR count). The first-order chi connectivity index (χ1) is 16.6. The Kier molecular flexibility index (Phi) is 6.73. The fraction of sp³-hybridized carbons (Fsp3) is 0.241. The first-order valence-electron chi connectivity index (χ1n) is 11.6. The largest absolute Gasteiger partial charge is 0.462 e. The molecule has 180 valence electrons. The summed E-state index contributed by atoms with van der Waals surface area (Å²) in [5.41, 5.74) is 7.84. The monoisotopic (exact) mass is 488 g/mol. The smallest absolute Gasteiger partial charge is 0.340 e. The molecule has 1 aliphatic heterocycles. The number of hydrogen-bond acceptors (Lipinski definition) is 3. The summed E-state index contributed by atoms with van der Waals surface area (Å²) in [6, 6.07) is 15.5. The van der Waals surface area contributed by atoms with Gasteiger partial charge in [-0.3, -0.25) is 9.69 Å². The van der Waals surface area contributed by atoms with Crippen molar-refractivity contribution in [3.05, 3.63) is 98.5 Å². The van der Waals surface area contributed by atoms with Crippen LogP contribution in [0.2, 0.25) is 5.02 Å². The SMILES string of the molecule is CCOC(=O)C1=C(C)N(c2ccc(C)cc2)C(=O)/C1=C\c1cc(C)n(-c2cc(Cl)ccc2C)c1C. The number of aryl methyl sites for hydroxylation is 3. The topological polar surface area (TPSA) is 51.5 Å². The third kappa shape index (κ3) is 4.44. The van der Waals surface area contributed by atoms with Crippen LogP contribution in [0.5, 0.6) is 0 Å². The van der Waals surface area contributed by atoms with Gasteiger partial charge in [-0.2, -0.15) is 0 Å². The predicted molar refractivity (Wildman–Crippen MR) is 141 cm³/mol. The maximum absolute atomic E-state index is 13.7. The van der Waals surface area contributed by atoms with Gasteiger partial charge in [0.2, 0.25) is 0 Å². The molecule has 5 nitrogen and oxygen atoms in total. The number of nitrogens with zero attached hydrogens (tertiary/aromatic N) is 2. The van der Waals surface area contributed by atoms with Crippen LogP contribution in [0.25, 0.3) is 11.8 Å². The van der Waals surface area contributed by atoms with E-state index in [9.17, 15) is 9.59 Å². The number of carbonyl (C=O) groups excluding carboxylic acids is 2. The molecule has 0 unspecified atom stereocenters. The fourth-order valence-electron chi connectivity index (χ4n) is 4.57. The molecular formula is C29H29ClN2O3. The van der Waals surface area contributed by atoms with Gasteiger partial charge in [0.1, 0.15) is 0 Å². The summed E-state index contributed by atoms with van der Waals surface area (Å²) in [6.07, 6.45) is 1.80. The molecule has 0 radical (unpaired) electrons. The highest BCUT2D eigenvalue weighted by atomic mass is 35.5. The maximum atomic E-state index is 13.7. The van der Waals surface area contributed by atoms with E-state index in [0.717, 1.165) is 33.8 Å². The highest BCUT2D eigenvalue weighted by Gasteiger charge is 2.38. The standard InChI is InChI=1S/C29H29ClN2O3/c1-7-35-29(34)27-21(6)32(24-12-8-17(2)9-13-24)28(33)25(27)15-22-14-19(4)31(20(22)5)26-16-23(30)11-10-18(26)3/h8-16H,7H2,1-6H3/b25-15-. The average molecular weight is 489 g/mol. The van der Waals surface area contributed by atoms with Gasteiger partial charge in [-0.1, -0.05) is 35.4 Å². The van der Waals surface area contributed by atoms with Crippen LogP contribution in [0.4, 0.5) is 5.69 Å². The molecule has 0 bridgehead atoms. The van der Waals surface area contributed by atoms with E-state index >= 15 is 0 Å². The zero-order chi connectivity index (χ0) is 25.4. The molecule has 0 atom stereocenters. The Morgan fingerprint density at radius 2 is 1.69 bits per heavy atom. The predicted octanol–water partition coefficient (Wildman–Crippen LogP) is 6.63. The van der Waals surface area contributed by atoms with Gasteiger partial charge in [0.15, 0.2) is 0 Å². The number of esters is 1. The van der Waals surface area contributed by atoms with E-state index in [1.165, 1.54) is 0 Å². The van der Waals surface area contributed by atoms with Crippen LogP contribution >= 0.6 is 11.6 Å². The van der Waals surface area contributed by atoms with Crippen molar-refractivity contribution in [3.8, 4) is 5.69 Å². The number of amides is 1. The summed E-state index contributed by atoms with van der Waals surface area (Å²) in [4.78, 5) is 28.2. The van der Waals surface area contributed by atoms with Crippen molar-refractivity contribution in [1.82, 2.24) is 4.57 Å². The van der Waals surface area contributed by atoms with Gasteiger partial charge in [0.25, 0.3) is 5.91 Å². The number of carbonyl (C=O) groups is 2. The van der Waals surface area contributed by atoms with Gasteiger partial charge < -0.3 is 9.30 Å². The lowest BCUT2D eigenvalue weighted by Crippen LogP contribution is -2.24. The van der Waals surface area contributed by atoms with Crippen LogP contribution in [0, 0.1) is 27.7 Å². The van der Waals surface area contributed by atoms with Gasteiger partial charge in [-0.05, 0) is 89.1 Å². The molecular weight excluding hydrogens is 460 g/mol. The van der Waals surface area contributed by atoms with E-state index in [2.05, 4.69) is 4.57 Å². The number of rotatable bonds is 5. The second kappa shape index (κ2) is 9.59. The molecule has 0 saturated carbocycles. The lowest BCUT2D eigenvalue weighted by atomic mass is 10.0. The first kappa shape index (κ1) is 24.6. The highest BCUT2D eigenvalue weighted by molar-refractivity contribution is 6.30. The van der Waals surface area contributed by atoms with Gasteiger partial charge >= 0.3 is 5.97 Å². The normalized spacial score (nSPS) is 14.9. The highest BCUT2D eigenvalue weighted by Crippen LogP contribution is 2.36. The molecule has 0 saturated heterocycles. The van der Waals surface area contributed by atoms with Crippen molar-refractivity contribution < 1.29 is 14.3 Å². The van der Waals surface area contributed by atoms with Crippen LogP contribution in [-0.2, 0) is 14.3 Å². The number of allylic oxidation sites excluding steroid dienone is 1. The number of hydrogen-bond donors (Lipinski definition) is 0. The van der Waals surface area contributed by atoms with Crippen LogP contribution in [-0.4, -0.2) is 23.1 Å². The molecule has 0 N–H and O–H groups in total. The lowest BCUT2D eigenvalue weighted by molar-refractivity contribution is -0.138. The number of halogens is 1. The fourth-order valence-corrected chi connectivity index (χ4v) is 4.74. The van der Waals surface area contributed by atoms with E-state index in [0.29, 0.717) is 27.6 Å². The molecule has 2 heterocycles. The van der Waals surface area contributed by atoms with Crippen molar-refractivity contribution >= 4 is 35.2 Å². The van der Waals surface area contributed by atoms with Crippen LogP contribution in [0.3, 0.4) is 0 Å². The number of ether oxygens (including phenoxy) is 1. The summed E-state index contributed by atoms with van der Waals surface area (Å²) in [7, 11) is 0. The third-order valence-electron chi connectivity index (χ3n) is 6.35. The molecule has 1 aromatic heterocycles. The summed E-state index contributed by atoms with van der Waals surface area (Å²) in [5, 5.41) is 0.654. The van der Waals surface area contributed by atoms with E-state index in [-0.39, 0.29) is 12.5 Å². The van der Waals surface area contributed by atoms with Crippen molar-refractivity contribution in [2.75, 3.05) is 11.5 Å². The average Bonchev–Trinajstić information content (AvgIpc) is 3.22. The zero-order valence-corrected chi connectivity index (χ0v) is 21.7. The Morgan fingerprint density at radius 3 is 2.34 bits per heavy atom. The summed E-state index contributed by atoms with van der Waals surface area (Å²) < 4.78 is 7.45. The van der Waals surface area contributed by atoms with Crippen LogP contribution in [0.15, 0.2) is 65.4 Å². The minimum Gasteiger partial charge on any atom is -0.462 e. The Morgan fingerprint density at radius 1 is 1.00 bits per heavy atom. The van der Waals surface area contributed by atoms with Gasteiger partial charge in [0, 0.05) is 33.5 Å². The van der Waals surface area contributed by atoms with Crippen molar-refractivity contribution in [2.45, 2.75) is 41.5 Å². The zero-order valence-electron chi connectivity index (χ0n) is 20.9. The molecule has 1 aliphatic rings. The molecule has 0 aliphatic carbocycles. The Labute approximate surface area is 211 Å². The third-order valence-corrected chi connectivity index (χ3v) is 6.59. The van der Waals surface area contributed by atoms with E-state index in [1.807, 2.05) is 76.2 Å². The molecule has 0 spiro atoms. The quantitative estimate of drug-likeness (QED) is 0.299. The van der Waals surface area contributed by atoms with Gasteiger partial charge in [0.05, 0.1) is 17.8 Å². The van der Waals surface area contributed by atoms with Crippen molar-refractivity contribution in [1.29, 1.82) is 0 Å². The second-order valence-corrected chi connectivity index (χ2v) is 9.24. The second-order valence-electron chi connectivity index (χ2n) is 8.81. The van der Waals surface area contributed by atoms with Crippen LogP contribution in [0.1, 0.15) is 41.9 Å². The Bertz CT molecular complexity index is 1390. The Balaban J connectivity index is 1.86. The van der Waals surface area contributed by atoms with Crippen molar-refractivity contribution in [2.24, 2.45) is 0 Å². The molecule has 2 aromatic carbocycles. The van der Waals surface area contributed by atoms with Crippen LogP contribution < -0.4 is 4.90 Å². The van der Waals surface area contributed by atoms with Crippen molar-refractivity contribution in [3.63, 3.8) is 0 Å². The van der Waals surface area contributed by atoms with Gasteiger partial charge in [-0.25, -0.2) is 4.79 Å². The molecule has 0 fully saturated rings. The minimum atomic E-state index is -0.501. The number of anilines is 1. The number of aromatic nitrogens is 1. The molecule has 35 heavy (non-hydrogen) atoms. The first-order valence-corrected chi connectivity index (χ1v) is 12.0. The lowest BCUT2D eigenvalue weighted by Gasteiger charge is -2.18. The van der Waals surface area contributed by atoms with E-state index in [4.69, 9.17) is 16.3 Å². The summed E-state index contributed by atoms with van der Waals surface area (Å²) in [6.45, 7) is 11.8.